The van der Waals surface area contributed by atoms with Gasteiger partial charge in [-0.15, -0.1) is 10.2 Å². The Kier molecular flexibility index (Phi) is 3.49. The number of rotatable bonds is 4. The number of aromatic nitrogens is 3. The predicted molar refractivity (Wildman–Crippen MR) is 69.0 cm³/mol. The van der Waals surface area contributed by atoms with Gasteiger partial charge in [-0.1, -0.05) is 30.3 Å². The van der Waals surface area contributed by atoms with E-state index in [2.05, 4.69) is 25.8 Å². The molecule has 2 N–H and O–H groups in total. The van der Waals surface area contributed by atoms with Gasteiger partial charge in [0, 0.05) is 19.2 Å². The third-order valence-corrected chi connectivity index (χ3v) is 2.30. The van der Waals surface area contributed by atoms with Crippen LogP contribution in [0.2, 0.25) is 0 Å². The summed E-state index contributed by atoms with van der Waals surface area (Å²) < 4.78 is 0. The van der Waals surface area contributed by atoms with Crippen LogP contribution in [0.1, 0.15) is 6.92 Å². The normalized spacial score (nSPS) is 10.0. The van der Waals surface area contributed by atoms with E-state index in [4.69, 9.17) is 0 Å². The number of anilines is 2. The van der Waals surface area contributed by atoms with Crippen molar-refractivity contribution in [3.05, 3.63) is 30.3 Å². The molecule has 2 aromatic rings. The van der Waals surface area contributed by atoms with E-state index in [0.29, 0.717) is 17.5 Å². The molecule has 0 unspecified atom stereocenters. The Hall–Kier alpha value is -2.17. The van der Waals surface area contributed by atoms with E-state index in [1.54, 1.807) is 0 Å². The van der Waals surface area contributed by atoms with Crippen molar-refractivity contribution in [2.75, 3.05) is 24.2 Å². The van der Waals surface area contributed by atoms with Crippen LogP contribution in [0.5, 0.6) is 0 Å². The predicted octanol–water partition coefficient (Wildman–Crippen LogP) is 2.01. The molecule has 5 heteroatoms. The highest BCUT2D eigenvalue weighted by Gasteiger charge is 2.08. The maximum atomic E-state index is 4.43. The lowest BCUT2D eigenvalue weighted by Gasteiger charge is -2.08. The molecule has 0 bridgehead atoms. The van der Waals surface area contributed by atoms with Crippen molar-refractivity contribution in [1.29, 1.82) is 0 Å². The molecule has 5 nitrogen and oxygen atoms in total. The van der Waals surface area contributed by atoms with Gasteiger partial charge < -0.3 is 10.6 Å². The zero-order chi connectivity index (χ0) is 12.1. The molecule has 0 saturated heterocycles. The van der Waals surface area contributed by atoms with Crippen molar-refractivity contribution >= 4 is 11.6 Å². The number of nitrogens with zero attached hydrogens (tertiary/aromatic N) is 3. The van der Waals surface area contributed by atoms with E-state index >= 15 is 0 Å². The second-order valence-electron chi connectivity index (χ2n) is 3.48. The largest absolute Gasteiger partial charge is 0.370 e. The lowest BCUT2D eigenvalue weighted by Crippen LogP contribution is -2.08. The number of hydrogen-bond acceptors (Lipinski definition) is 5. The van der Waals surface area contributed by atoms with Crippen LogP contribution >= 0.6 is 0 Å². The van der Waals surface area contributed by atoms with Crippen molar-refractivity contribution in [2.24, 2.45) is 0 Å². The van der Waals surface area contributed by atoms with Gasteiger partial charge in [0.05, 0.1) is 0 Å². The minimum Gasteiger partial charge on any atom is -0.370 e. The van der Waals surface area contributed by atoms with Gasteiger partial charge in [0.1, 0.15) is 0 Å². The first kappa shape index (κ1) is 11.3. The molecule has 0 spiro atoms. The minimum atomic E-state index is 0.622. The van der Waals surface area contributed by atoms with Crippen molar-refractivity contribution in [3.8, 4) is 11.4 Å². The van der Waals surface area contributed by atoms with Gasteiger partial charge in [0.25, 0.3) is 0 Å². The Bertz CT molecular complexity index is 484. The van der Waals surface area contributed by atoms with Crippen LogP contribution < -0.4 is 10.6 Å². The number of benzene rings is 1. The summed E-state index contributed by atoms with van der Waals surface area (Å²) in [5, 5.41) is 14.4. The Morgan fingerprint density at radius 2 is 1.82 bits per heavy atom. The van der Waals surface area contributed by atoms with Crippen molar-refractivity contribution in [2.45, 2.75) is 6.92 Å². The van der Waals surface area contributed by atoms with E-state index in [9.17, 15) is 0 Å². The van der Waals surface area contributed by atoms with E-state index < -0.39 is 0 Å². The Balaban J connectivity index is 2.38. The monoisotopic (exact) mass is 229 g/mol. The Morgan fingerprint density at radius 3 is 2.47 bits per heavy atom. The highest BCUT2D eigenvalue weighted by atomic mass is 15.2. The minimum absolute atomic E-state index is 0.622. The third-order valence-electron chi connectivity index (χ3n) is 2.30. The molecule has 0 atom stereocenters. The zero-order valence-electron chi connectivity index (χ0n) is 9.94. The second-order valence-corrected chi connectivity index (χ2v) is 3.48. The van der Waals surface area contributed by atoms with Crippen LogP contribution in [-0.2, 0) is 0 Å². The zero-order valence-corrected chi connectivity index (χ0v) is 9.94. The second kappa shape index (κ2) is 5.25. The summed E-state index contributed by atoms with van der Waals surface area (Å²) >= 11 is 0. The lowest BCUT2D eigenvalue weighted by atomic mass is 10.2. The van der Waals surface area contributed by atoms with E-state index in [-0.39, 0.29) is 0 Å². The molecule has 0 fully saturated rings. The molecular formula is C12H15N5. The first-order valence-electron chi connectivity index (χ1n) is 5.57. The summed E-state index contributed by atoms with van der Waals surface area (Å²) in [5.41, 5.74) is 0.958. The summed E-state index contributed by atoms with van der Waals surface area (Å²) in [6, 6.07) is 9.79. The van der Waals surface area contributed by atoms with Crippen LogP contribution in [0.15, 0.2) is 30.3 Å². The highest BCUT2D eigenvalue weighted by Crippen LogP contribution is 2.19. The van der Waals surface area contributed by atoms with Gasteiger partial charge in [-0.2, -0.15) is 0 Å². The molecule has 0 aliphatic rings. The SMILES string of the molecule is CCNc1nnc(-c2ccccc2)nc1NC. The highest BCUT2D eigenvalue weighted by molar-refractivity contribution is 5.63. The fourth-order valence-electron chi connectivity index (χ4n) is 1.50. The molecular weight excluding hydrogens is 214 g/mol. The Labute approximate surface area is 100 Å². The van der Waals surface area contributed by atoms with Gasteiger partial charge in [0.2, 0.25) is 0 Å². The van der Waals surface area contributed by atoms with Crippen LogP contribution in [0.25, 0.3) is 11.4 Å². The summed E-state index contributed by atoms with van der Waals surface area (Å²) in [6.07, 6.45) is 0. The lowest BCUT2D eigenvalue weighted by molar-refractivity contribution is 0.970. The molecule has 17 heavy (non-hydrogen) atoms. The van der Waals surface area contributed by atoms with Gasteiger partial charge in [0.15, 0.2) is 17.5 Å². The fourth-order valence-corrected chi connectivity index (χ4v) is 1.50. The molecule has 1 aromatic carbocycles. The molecule has 1 heterocycles. The van der Waals surface area contributed by atoms with E-state index in [1.807, 2.05) is 44.3 Å². The molecule has 2 rings (SSSR count). The molecule has 0 aliphatic heterocycles. The van der Waals surface area contributed by atoms with Gasteiger partial charge in [-0.05, 0) is 6.92 Å². The maximum absolute atomic E-state index is 4.43. The van der Waals surface area contributed by atoms with Crippen molar-refractivity contribution in [3.63, 3.8) is 0 Å². The van der Waals surface area contributed by atoms with Crippen molar-refractivity contribution in [1.82, 2.24) is 15.2 Å². The number of nitrogens with one attached hydrogen (secondary N) is 2. The maximum Gasteiger partial charge on any atom is 0.191 e. The first-order valence-corrected chi connectivity index (χ1v) is 5.57. The van der Waals surface area contributed by atoms with Gasteiger partial charge in [-0.3, -0.25) is 0 Å². The summed E-state index contributed by atoms with van der Waals surface area (Å²) in [4.78, 5) is 4.43. The summed E-state index contributed by atoms with van der Waals surface area (Å²) in [7, 11) is 1.82. The first-order chi connectivity index (χ1) is 8.35. The molecule has 88 valence electrons. The smallest absolute Gasteiger partial charge is 0.191 e. The van der Waals surface area contributed by atoms with Crippen LogP contribution in [0.4, 0.5) is 11.6 Å². The van der Waals surface area contributed by atoms with Gasteiger partial charge >= 0.3 is 0 Å². The molecule has 0 saturated carbocycles. The Morgan fingerprint density at radius 1 is 1.06 bits per heavy atom. The van der Waals surface area contributed by atoms with E-state index in [0.717, 1.165) is 12.1 Å². The standard InChI is InChI=1S/C12H15N5/c1-3-14-12-11(13-2)15-10(16-17-12)9-7-5-4-6-8-9/h4-8H,3H2,1-2H3,(H,14,17)(H,13,15,16). The fraction of sp³-hybridized carbons (Fsp3) is 0.250. The average molecular weight is 229 g/mol. The summed E-state index contributed by atoms with van der Waals surface area (Å²) in [5.74, 6) is 2.01. The van der Waals surface area contributed by atoms with Crippen LogP contribution in [-0.4, -0.2) is 28.8 Å². The number of hydrogen-bond donors (Lipinski definition) is 2. The molecule has 1 aromatic heterocycles. The topological polar surface area (TPSA) is 62.7 Å². The van der Waals surface area contributed by atoms with E-state index in [1.165, 1.54) is 0 Å². The average Bonchev–Trinajstić information content (AvgIpc) is 2.40. The third kappa shape index (κ3) is 2.50. The molecule has 0 amide bonds. The van der Waals surface area contributed by atoms with Crippen LogP contribution in [0.3, 0.4) is 0 Å². The quantitative estimate of drug-likeness (QED) is 0.839. The summed E-state index contributed by atoms with van der Waals surface area (Å²) in [6.45, 7) is 2.79. The molecule has 0 aliphatic carbocycles. The van der Waals surface area contributed by atoms with Crippen molar-refractivity contribution < 1.29 is 0 Å². The molecule has 0 radical (unpaired) electrons. The van der Waals surface area contributed by atoms with Gasteiger partial charge in [-0.25, -0.2) is 4.98 Å². The van der Waals surface area contributed by atoms with Crippen LogP contribution in [0, 0.1) is 0 Å².